The average Bonchev–Trinajstić information content (AvgIpc) is 2.14. The molecule has 98 valence electrons. The van der Waals surface area contributed by atoms with Gasteiger partial charge in [-0.2, -0.15) is 8.78 Å². The van der Waals surface area contributed by atoms with Gasteiger partial charge >= 0.3 is 12.3 Å². The number of ether oxygens (including phenoxy) is 1. The van der Waals surface area contributed by atoms with Crippen molar-refractivity contribution in [3.05, 3.63) is 0 Å². The standard InChI is InChI=1S/C10H18F4O2/c1-7(2)3-4-8(15)5-16-6-10(13,14)9(11)12/h7-9,15H,3-6H2,1-2H3. The molecule has 0 bridgehead atoms. The Morgan fingerprint density at radius 3 is 2.19 bits per heavy atom. The van der Waals surface area contributed by atoms with E-state index in [1.807, 2.05) is 13.8 Å². The van der Waals surface area contributed by atoms with E-state index in [4.69, 9.17) is 0 Å². The molecule has 0 aromatic heterocycles. The van der Waals surface area contributed by atoms with Crippen molar-refractivity contribution >= 4 is 0 Å². The Balaban J connectivity index is 3.65. The maximum absolute atomic E-state index is 12.4. The van der Waals surface area contributed by atoms with Crippen LogP contribution in [0.3, 0.4) is 0 Å². The number of aliphatic hydroxyl groups excluding tert-OH is 1. The largest absolute Gasteiger partial charge is 0.391 e. The molecule has 6 heteroatoms. The van der Waals surface area contributed by atoms with Crippen molar-refractivity contribution in [1.29, 1.82) is 0 Å². The molecule has 0 amide bonds. The van der Waals surface area contributed by atoms with E-state index in [0.29, 0.717) is 12.3 Å². The molecule has 2 nitrogen and oxygen atoms in total. The Morgan fingerprint density at radius 2 is 1.75 bits per heavy atom. The van der Waals surface area contributed by atoms with E-state index in [2.05, 4.69) is 4.74 Å². The first-order valence-corrected chi connectivity index (χ1v) is 5.17. The van der Waals surface area contributed by atoms with Gasteiger partial charge in [-0.15, -0.1) is 0 Å². The van der Waals surface area contributed by atoms with Gasteiger partial charge < -0.3 is 9.84 Å². The van der Waals surface area contributed by atoms with Crippen LogP contribution in [0.4, 0.5) is 17.6 Å². The van der Waals surface area contributed by atoms with Crippen LogP contribution in [0.15, 0.2) is 0 Å². The molecular weight excluding hydrogens is 228 g/mol. The van der Waals surface area contributed by atoms with Gasteiger partial charge in [0.05, 0.1) is 12.7 Å². The quantitative estimate of drug-likeness (QED) is 0.667. The van der Waals surface area contributed by atoms with E-state index in [1.165, 1.54) is 0 Å². The van der Waals surface area contributed by atoms with Crippen LogP contribution in [-0.4, -0.2) is 36.8 Å². The highest BCUT2D eigenvalue weighted by Crippen LogP contribution is 2.22. The molecule has 0 saturated carbocycles. The van der Waals surface area contributed by atoms with Gasteiger partial charge in [-0.05, 0) is 18.8 Å². The van der Waals surface area contributed by atoms with Crippen molar-refractivity contribution < 1.29 is 27.4 Å². The predicted molar refractivity (Wildman–Crippen MR) is 51.8 cm³/mol. The summed E-state index contributed by atoms with van der Waals surface area (Å²) in [6, 6.07) is 0. The lowest BCUT2D eigenvalue weighted by Gasteiger charge is -2.17. The van der Waals surface area contributed by atoms with Gasteiger partial charge in [-0.3, -0.25) is 0 Å². The summed E-state index contributed by atoms with van der Waals surface area (Å²) in [5, 5.41) is 9.28. The van der Waals surface area contributed by atoms with Gasteiger partial charge in [0, 0.05) is 0 Å². The average molecular weight is 246 g/mol. The van der Waals surface area contributed by atoms with Crippen molar-refractivity contribution in [2.75, 3.05) is 13.2 Å². The molecule has 0 spiro atoms. The van der Waals surface area contributed by atoms with Crippen LogP contribution in [0, 0.1) is 5.92 Å². The minimum atomic E-state index is -4.14. The molecule has 0 radical (unpaired) electrons. The molecule has 1 atom stereocenters. The zero-order valence-corrected chi connectivity index (χ0v) is 9.43. The van der Waals surface area contributed by atoms with Crippen LogP contribution in [-0.2, 0) is 4.74 Å². The smallest absolute Gasteiger partial charge is 0.330 e. The third-order valence-electron chi connectivity index (χ3n) is 2.00. The normalized spacial score (nSPS) is 14.8. The zero-order valence-electron chi connectivity index (χ0n) is 9.43. The van der Waals surface area contributed by atoms with Crippen LogP contribution in [0.5, 0.6) is 0 Å². The summed E-state index contributed by atoms with van der Waals surface area (Å²) in [7, 11) is 0. The van der Waals surface area contributed by atoms with Crippen LogP contribution in [0.1, 0.15) is 26.7 Å². The number of rotatable bonds is 8. The fourth-order valence-corrected chi connectivity index (χ4v) is 1.00. The highest BCUT2D eigenvalue weighted by atomic mass is 19.3. The second kappa shape index (κ2) is 7.06. The Kier molecular flexibility index (Phi) is 6.90. The first kappa shape index (κ1) is 15.6. The molecule has 1 N–H and O–H groups in total. The molecule has 0 aromatic carbocycles. The first-order valence-electron chi connectivity index (χ1n) is 5.17. The Labute approximate surface area is 92.6 Å². The van der Waals surface area contributed by atoms with Crippen molar-refractivity contribution in [1.82, 2.24) is 0 Å². The van der Waals surface area contributed by atoms with Crippen LogP contribution < -0.4 is 0 Å². The van der Waals surface area contributed by atoms with Crippen LogP contribution in [0.25, 0.3) is 0 Å². The summed E-state index contributed by atoms with van der Waals surface area (Å²) < 4.78 is 52.5. The molecule has 0 aliphatic rings. The minimum Gasteiger partial charge on any atom is -0.391 e. The molecule has 0 aromatic rings. The number of hydrogen-bond acceptors (Lipinski definition) is 2. The summed E-state index contributed by atoms with van der Waals surface area (Å²) in [5.74, 6) is -3.75. The lowest BCUT2D eigenvalue weighted by Crippen LogP contribution is -2.33. The summed E-state index contributed by atoms with van der Waals surface area (Å²) in [6.45, 7) is 2.22. The lowest BCUT2D eigenvalue weighted by molar-refractivity contribution is -0.170. The number of hydrogen-bond donors (Lipinski definition) is 1. The topological polar surface area (TPSA) is 29.5 Å². The number of aliphatic hydroxyl groups is 1. The van der Waals surface area contributed by atoms with Crippen molar-refractivity contribution in [2.24, 2.45) is 5.92 Å². The molecule has 0 aliphatic carbocycles. The van der Waals surface area contributed by atoms with Crippen molar-refractivity contribution in [3.63, 3.8) is 0 Å². The van der Waals surface area contributed by atoms with E-state index < -0.39 is 25.1 Å². The fourth-order valence-electron chi connectivity index (χ4n) is 1.00. The Hall–Kier alpha value is -0.360. The number of alkyl halides is 4. The van der Waals surface area contributed by atoms with Gasteiger partial charge in [0.15, 0.2) is 0 Å². The highest BCUT2D eigenvalue weighted by molar-refractivity contribution is 4.68. The number of halogens is 4. The minimum absolute atomic E-state index is 0.338. The molecule has 0 aliphatic heterocycles. The van der Waals surface area contributed by atoms with Gasteiger partial charge in [-0.25, -0.2) is 8.78 Å². The maximum Gasteiger partial charge on any atom is 0.330 e. The van der Waals surface area contributed by atoms with E-state index in [9.17, 15) is 22.7 Å². The van der Waals surface area contributed by atoms with Crippen molar-refractivity contribution in [2.45, 2.75) is 45.1 Å². The zero-order chi connectivity index (χ0) is 12.8. The maximum atomic E-state index is 12.4. The SMILES string of the molecule is CC(C)CCC(O)COCC(F)(F)C(F)F. The highest BCUT2D eigenvalue weighted by Gasteiger charge is 2.41. The van der Waals surface area contributed by atoms with Gasteiger partial charge in [0.1, 0.15) is 6.61 Å². The first-order chi connectivity index (χ1) is 7.25. The molecular formula is C10H18F4O2. The van der Waals surface area contributed by atoms with Gasteiger partial charge in [-0.1, -0.05) is 13.8 Å². The fraction of sp³-hybridized carbons (Fsp3) is 1.00. The summed E-state index contributed by atoms with van der Waals surface area (Å²) >= 11 is 0. The van der Waals surface area contributed by atoms with E-state index >= 15 is 0 Å². The molecule has 1 unspecified atom stereocenters. The Morgan fingerprint density at radius 1 is 1.19 bits per heavy atom. The van der Waals surface area contributed by atoms with Crippen molar-refractivity contribution in [3.8, 4) is 0 Å². The van der Waals surface area contributed by atoms with Gasteiger partial charge in [0.25, 0.3) is 0 Å². The van der Waals surface area contributed by atoms with E-state index in [0.717, 1.165) is 6.42 Å². The van der Waals surface area contributed by atoms with E-state index in [-0.39, 0.29) is 6.61 Å². The molecule has 0 saturated heterocycles. The lowest BCUT2D eigenvalue weighted by atomic mass is 10.1. The molecule has 16 heavy (non-hydrogen) atoms. The second-order valence-electron chi connectivity index (χ2n) is 4.20. The molecule has 0 heterocycles. The predicted octanol–water partition coefficient (Wildman–Crippen LogP) is 2.70. The monoisotopic (exact) mass is 246 g/mol. The summed E-state index contributed by atoms with van der Waals surface area (Å²) in [6.07, 6.45) is -3.47. The summed E-state index contributed by atoms with van der Waals surface area (Å²) in [4.78, 5) is 0. The van der Waals surface area contributed by atoms with Crippen LogP contribution in [0.2, 0.25) is 0 Å². The molecule has 0 rings (SSSR count). The summed E-state index contributed by atoms with van der Waals surface area (Å²) in [5.41, 5.74) is 0. The third-order valence-corrected chi connectivity index (χ3v) is 2.00. The van der Waals surface area contributed by atoms with Gasteiger partial charge in [0.2, 0.25) is 0 Å². The van der Waals surface area contributed by atoms with Crippen LogP contribution >= 0.6 is 0 Å². The second-order valence-corrected chi connectivity index (χ2v) is 4.20. The van der Waals surface area contributed by atoms with E-state index in [1.54, 1.807) is 0 Å². The third kappa shape index (κ3) is 7.00. The molecule has 0 fully saturated rings. The Bertz CT molecular complexity index is 186.